The highest BCUT2D eigenvalue weighted by Crippen LogP contribution is 2.22. The van der Waals surface area contributed by atoms with E-state index in [9.17, 15) is 14.3 Å². The molecule has 7 heteroatoms. The molecule has 2 atom stereocenters. The fourth-order valence-electron chi connectivity index (χ4n) is 2.98. The molecule has 2 heterocycles. The Bertz CT molecular complexity index is 723. The van der Waals surface area contributed by atoms with Crippen molar-refractivity contribution < 1.29 is 14.3 Å². The van der Waals surface area contributed by atoms with Gasteiger partial charge >= 0.3 is 0 Å². The fraction of sp³-hybridized carbons (Fsp3) is 0.353. The zero-order valence-electron chi connectivity index (χ0n) is 13.1. The largest absolute Gasteiger partial charge is 0.391 e. The molecule has 1 fully saturated rings. The number of aliphatic hydroxyl groups excluding tert-OH is 1. The van der Waals surface area contributed by atoms with Crippen molar-refractivity contribution in [1.29, 1.82) is 0 Å². The topological polar surface area (TPSA) is 92.3 Å². The smallest absolute Gasteiger partial charge is 0.217 e. The van der Waals surface area contributed by atoms with Crippen molar-refractivity contribution >= 4 is 5.91 Å². The lowest BCUT2D eigenvalue weighted by molar-refractivity contribution is -0.119. The molecule has 1 aliphatic rings. The zero-order valence-corrected chi connectivity index (χ0v) is 13.1. The van der Waals surface area contributed by atoms with Gasteiger partial charge in [-0.3, -0.25) is 9.69 Å². The number of primary amides is 1. The van der Waals surface area contributed by atoms with Crippen LogP contribution in [0.4, 0.5) is 4.39 Å². The van der Waals surface area contributed by atoms with Crippen LogP contribution in [0.3, 0.4) is 0 Å². The number of likely N-dealkylation sites (tertiary alicyclic amines) is 1. The average molecular weight is 330 g/mol. The summed E-state index contributed by atoms with van der Waals surface area (Å²) in [5.41, 5.74) is 6.76. The molecule has 1 saturated heterocycles. The third-order valence-electron chi connectivity index (χ3n) is 4.15. The summed E-state index contributed by atoms with van der Waals surface area (Å²) >= 11 is 0. The van der Waals surface area contributed by atoms with Crippen molar-refractivity contribution in [3.63, 3.8) is 0 Å². The van der Waals surface area contributed by atoms with E-state index in [2.05, 4.69) is 9.97 Å². The van der Waals surface area contributed by atoms with E-state index in [0.717, 1.165) is 11.3 Å². The highest BCUT2D eigenvalue weighted by Gasteiger charge is 2.32. The Morgan fingerprint density at radius 3 is 2.75 bits per heavy atom. The Morgan fingerprint density at radius 2 is 2.04 bits per heavy atom. The molecule has 0 saturated carbocycles. The van der Waals surface area contributed by atoms with E-state index in [1.807, 2.05) is 4.90 Å². The second-order valence-electron chi connectivity index (χ2n) is 6.07. The summed E-state index contributed by atoms with van der Waals surface area (Å²) in [5.74, 6) is -0.315. The first kappa shape index (κ1) is 16.5. The van der Waals surface area contributed by atoms with Crippen LogP contribution < -0.4 is 5.73 Å². The van der Waals surface area contributed by atoms with Crippen molar-refractivity contribution in [3.05, 3.63) is 48.0 Å². The first-order valence-corrected chi connectivity index (χ1v) is 7.78. The maximum atomic E-state index is 13.0. The average Bonchev–Trinajstić information content (AvgIpc) is 2.87. The minimum atomic E-state index is -0.559. The molecule has 0 aliphatic carbocycles. The quantitative estimate of drug-likeness (QED) is 0.851. The maximum absolute atomic E-state index is 13.0. The molecule has 1 amide bonds. The van der Waals surface area contributed by atoms with Crippen molar-refractivity contribution in [3.8, 4) is 11.4 Å². The van der Waals surface area contributed by atoms with Crippen molar-refractivity contribution in [2.45, 2.75) is 19.1 Å². The van der Waals surface area contributed by atoms with Crippen LogP contribution in [0, 0.1) is 11.7 Å². The third-order valence-corrected chi connectivity index (χ3v) is 4.15. The summed E-state index contributed by atoms with van der Waals surface area (Å²) in [4.78, 5) is 21.8. The monoisotopic (exact) mass is 330 g/mol. The Labute approximate surface area is 139 Å². The minimum absolute atomic E-state index is 0.138. The molecule has 1 aromatic heterocycles. The van der Waals surface area contributed by atoms with Gasteiger partial charge in [-0.05, 0) is 30.3 Å². The molecular weight excluding hydrogens is 311 g/mol. The van der Waals surface area contributed by atoms with E-state index < -0.39 is 12.0 Å². The molecule has 24 heavy (non-hydrogen) atoms. The van der Waals surface area contributed by atoms with Crippen molar-refractivity contribution in [2.24, 2.45) is 11.7 Å². The minimum Gasteiger partial charge on any atom is -0.391 e. The van der Waals surface area contributed by atoms with E-state index in [-0.39, 0.29) is 18.2 Å². The summed E-state index contributed by atoms with van der Waals surface area (Å²) in [7, 11) is 0. The molecule has 0 unspecified atom stereocenters. The molecule has 3 N–H and O–H groups in total. The SMILES string of the molecule is NC(=O)C[C@@H]1CN(Cc2ccnc(-c3ccc(F)cc3)n2)C[C@H]1O. The summed E-state index contributed by atoms with van der Waals surface area (Å²) in [6.07, 6.45) is 1.28. The van der Waals surface area contributed by atoms with E-state index >= 15 is 0 Å². The predicted molar refractivity (Wildman–Crippen MR) is 86.0 cm³/mol. The van der Waals surface area contributed by atoms with Crippen LogP contribution >= 0.6 is 0 Å². The van der Waals surface area contributed by atoms with Gasteiger partial charge in [0.2, 0.25) is 5.91 Å². The first-order valence-electron chi connectivity index (χ1n) is 7.78. The van der Waals surface area contributed by atoms with Crippen LogP contribution in [-0.4, -0.2) is 45.1 Å². The number of amides is 1. The van der Waals surface area contributed by atoms with Crippen LogP contribution in [0.1, 0.15) is 12.1 Å². The van der Waals surface area contributed by atoms with Gasteiger partial charge in [-0.25, -0.2) is 14.4 Å². The van der Waals surface area contributed by atoms with E-state index in [4.69, 9.17) is 5.73 Å². The Balaban J connectivity index is 1.69. The number of hydrogen-bond donors (Lipinski definition) is 2. The highest BCUT2D eigenvalue weighted by atomic mass is 19.1. The van der Waals surface area contributed by atoms with Gasteiger partial charge in [0.15, 0.2) is 5.82 Å². The molecule has 126 valence electrons. The predicted octanol–water partition coefficient (Wildman–Crippen LogP) is 0.951. The molecular formula is C17H19FN4O2. The van der Waals surface area contributed by atoms with E-state index in [0.29, 0.717) is 25.5 Å². The van der Waals surface area contributed by atoms with Crippen molar-refractivity contribution in [2.75, 3.05) is 13.1 Å². The number of aliphatic hydroxyl groups is 1. The van der Waals surface area contributed by atoms with Crippen LogP contribution in [0.2, 0.25) is 0 Å². The molecule has 0 radical (unpaired) electrons. The number of hydrogen-bond acceptors (Lipinski definition) is 5. The lowest BCUT2D eigenvalue weighted by Crippen LogP contribution is -2.24. The highest BCUT2D eigenvalue weighted by molar-refractivity contribution is 5.74. The standard InChI is InChI=1S/C17H19FN4O2/c18-13-3-1-11(2-4-13)17-20-6-5-14(21-17)9-22-8-12(7-16(19)24)15(23)10-22/h1-6,12,15,23H,7-10H2,(H2,19,24)/t12-,15-/m1/s1. The van der Waals surface area contributed by atoms with Gasteiger partial charge in [-0.15, -0.1) is 0 Å². The van der Waals surface area contributed by atoms with Crippen LogP contribution in [0.25, 0.3) is 11.4 Å². The number of nitrogens with zero attached hydrogens (tertiary/aromatic N) is 3. The molecule has 6 nitrogen and oxygen atoms in total. The summed E-state index contributed by atoms with van der Waals surface area (Å²) in [5, 5.41) is 10.0. The van der Waals surface area contributed by atoms with Gasteiger partial charge in [0.05, 0.1) is 11.8 Å². The van der Waals surface area contributed by atoms with E-state index in [1.165, 1.54) is 12.1 Å². The second kappa shape index (κ2) is 7.02. The van der Waals surface area contributed by atoms with Crippen LogP contribution in [0.5, 0.6) is 0 Å². The van der Waals surface area contributed by atoms with Gasteiger partial charge < -0.3 is 10.8 Å². The molecule has 2 aromatic rings. The number of nitrogens with two attached hydrogens (primary N) is 1. The molecule has 1 aromatic carbocycles. The Morgan fingerprint density at radius 1 is 1.29 bits per heavy atom. The number of aromatic nitrogens is 2. The first-order chi connectivity index (χ1) is 11.5. The Kier molecular flexibility index (Phi) is 4.82. The van der Waals surface area contributed by atoms with Gasteiger partial charge in [-0.1, -0.05) is 0 Å². The summed E-state index contributed by atoms with van der Waals surface area (Å²) < 4.78 is 13.0. The van der Waals surface area contributed by atoms with Crippen LogP contribution in [0.15, 0.2) is 36.5 Å². The normalized spacial score (nSPS) is 21.1. The number of β-amino-alcohol motifs (C(OH)–C–C–N with tert-alkyl or cyclic N) is 1. The summed E-state index contributed by atoms with van der Waals surface area (Å²) in [6, 6.07) is 7.82. The second-order valence-corrected chi connectivity index (χ2v) is 6.07. The fourth-order valence-corrected chi connectivity index (χ4v) is 2.98. The molecule has 0 bridgehead atoms. The number of carbonyl (C=O) groups excluding carboxylic acids is 1. The van der Waals surface area contributed by atoms with E-state index in [1.54, 1.807) is 24.4 Å². The molecule has 0 spiro atoms. The number of benzene rings is 1. The van der Waals surface area contributed by atoms with Gasteiger partial charge in [0, 0.05) is 43.7 Å². The zero-order chi connectivity index (χ0) is 17.1. The maximum Gasteiger partial charge on any atom is 0.217 e. The third kappa shape index (κ3) is 3.93. The van der Waals surface area contributed by atoms with Gasteiger partial charge in [0.25, 0.3) is 0 Å². The van der Waals surface area contributed by atoms with Gasteiger partial charge in [-0.2, -0.15) is 0 Å². The number of rotatable bonds is 5. The lowest BCUT2D eigenvalue weighted by Gasteiger charge is -2.15. The number of carbonyl (C=O) groups is 1. The molecule has 1 aliphatic heterocycles. The molecule has 3 rings (SSSR count). The van der Waals surface area contributed by atoms with Gasteiger partial charge in [0.1, 0.15) is 5.82 Å². The van der Waals surface area contributed by atoms with Crippen LogP contribution in [-0.2, 0) is 11.3 Å². The van der Waals surface area contributed by atoms with Crippen molar-refractivity contribution in [1.82, 2.24) is 14.9 Å². The lowest BCUT2D eigenvalue weighted by atomic mass is 10.0. The summed E-state index contributed by atoms with van der Waals surface area (Å²) in [6.45, 7) is 1.62. The Hall–Kier alpha value is -2.38. The number of halogens is 1.